The average molecular weight is 318 g/mol. The molecular formula is C16H22N4O3. The van der Waals surface area contributed by atoms with Gasteiger partial charge in [-0.2, -0.15) is 4.98 Å². The van der Waals surface area contributed by atoms with Gasteiger partial charge in [0.25, 0.3) is 0 Å². The molecule has 0 aliphatic rings. The summed E-state index contributed by atoms with van der Waals surface area (Å²) in [7, 11) is 5.55. The Bertz CT molecular complexity index is 623. The number of ether oxygens (including phenoxy) is 1. The molecule has 0 fully saturated rings. The lowest BCUT2D eigenvalue weighted by molar-refractivity contribution is -0.121. The van der Waals surface area contributed by atoms with Gasteiger partial charge in [0.1, 0.15) is 6.61 Å². The number of hydrogen-bond donors (Lipinski definition) is 1. The molecule has 0 saturated heterocycles. The molecule has 23 heavy (non-hydrogen) atoms. The maximum atomic E-state index is 11.9. The number of methoxy groups -OCH3 is 1. The Kier molecular flexibility index (Phi) is 6.10. The van der Waals surface area contributed by atoms with E-state index in [1.54, 1.807) is 7.11 Å². The third-order valence-electron chi connectivity index (χ3n) is 3.31. The normalized spacial score (nSPS) is 10.6. The molecule has 0 radical (unpaired) electrons. The number of carbonyl (C=O) groups excluding carboxylic acids is 1. The number of nitrogens with one attached hydrogen (secondary N) is 1. The van der Waals surface area contributed by atoms with Gasteiger partial charge in [-0.15, -0.1) is 0 Å². The maximum absolute atomic E-state index is 11.9. The second-order valence-corrected chi connectivity index (χ2v) is 5.37. The minimum Gasteiger partial charge on any atom is -0.378 e. The lowest BCUT2D eigenvalue weighted by Gasteiger charge is -2.12. The molecule has 1 N–H and O–H groups in total. The van der Waals surface area contributed by atoms with Gasteiger partial charge in [-0.1, -0.05) is 17.3 Å². The first kappa shape index (κ1) is 17.0. The number of benzene rings is 1. The fourth-order valence-corrected chi connectivity index (χ4v) is 2.03. The summed E-state index contributed by atoms with van der Waals surface area (Å²) >= 11 is 0. The lowest BCUT2D eigenvalue weighted by Crippen LogP contribution is -2.23. The van der Waals surface area contributed by atoms with Crippen LogP contribution in [-0.2, 0) is 29.1 Å². The molecule has 1 aromatic heterocycles. The molecule has 2 rings (SSSR count). The molecule has 1 heterocycles. The van der Waals surface area contributed by atoms with Gasteiger partial charge in [0.05, 0.1) is 6.54 Å². The third kappa shape index (κ3) is 5.37. The predicted molar refractivity (Wildman–Crippen MR) is 85.9 cm³/mol. The van der Waals surface area contributed by atoms with Crippen molar-refractivity contribution in [2.24, 2.45) is 0 Å². The van der Waals surface area contributed by atoms with Crippen LogP contribution >= 0.6 is 0 Å². The summed E-state index contributed by atoms with van der Waals surface area (Å²) in [6, 6.07) is 8.17. The lowest BCUT2D eigenvalue weighted by atomic mass is 10.1. The van der Waals surface area contributed by atoms with Gasteiger partial charge in [0, 0.05) is 33.3 Å². The number of carbonyl (C=O) groups is 1. The van der Waals surface area contributed by atoms with Crippen molar-refractivity contribution in [2.75, 3.05) is 26.1 Å². The third-order valence-corrected chi connectivity index (χ3v) is 3.31. The summed E-state index contributed by atoms with van der Waals surface area (Å²) in [5.41, 5.74) is 2.27. The smallest absolute Gasteiger partial charge is 0.246 e. The van der Waals surface area contributed by atoms with Gasteiger partial charge in [0.15, 0.2) is 5.82 Å². The van der Waals surface area contributed by atoms with Crippen molar-refractivity contribution < 1.29 is 14.1 Å². The number of anilines is 1. The Morgan fingerprint density at radius 1 is 1.30 bits per heavy atom. The fourth-order valence-electron chi connectivity index (χ4n) is 2.03. The molecule has 7 nitrogen and oxygen atoms in total. The number of hydrogen-bond acceptors (Lipinski definition) is 6. The highest BCUT2D eigenvalue weighted by Gasteiger charge is 2.08. The first-order chi connectivity index (χ1) is 11.1. The van der Waals surface area contributed by atoms with Gasteiger partial charge < -0.3 is 19.5 Å². The van der Waals surface area contributed by atoms with E-state index in [1.807, 2.05) is 43.3 Å². The molecule has 2 aromatic rings. The highest BCUT2D eigenvalue weighted by atomic mass is 16.5. The highest BCUT2D eigenvalue weighted by molar-refractivity contribution is 5.76. The second kappa shape index (κ2) is 8.28. The molecule has 0 atom stereocenters. The second-order valence-electron chi connectivity index (χ2n) is 5.37. The topological polar surface area (TPSA) is 80.5 Å². The van der Waals surface area contributed by atoms with Crippen molar-refractivity contribution in [3.63, 3.8) is 0 Å². The zero-order chi connectivity index (χ0) is 16.7. The quantitative estimate of drug-likeness (QED) is 0.795. The number of rotatable bonds is 8. The van der Waals surface area contributed by atoms with E-state index in [-0.39, 0.29) is 12.5 Å². The zero-order valence-corrected chi connectivity index (χ0v) is 13.7. The van der Waals surface area contributed by atoms with Crippen LogP contribution in [0, 0.1) is 0 Å². The zero-order valence-electron chi connectivity index (χ0n) is 13.7. The maximum Gasteiger partial charge on any atom is 0.246 e. The van der Waals surface area contributed by atoms with Crippen molar-refractivity contribution in [3.05, 3.63) is 41.5 Å². The van der Waals surface area contributed by atoms with Crippen LogP contribution < -0.4 is 10.2 Å². The van der Waals surface area contributed by atoms with Crippen LogP contribution in [0.4, 0.5) is 5.69 Å². The summed E-state index contributed by atoms with van der Waals surface area (Å²) in [5.74, 6) is 0.798. The van der Waals surface area contributed by atoms with Crippen LogP contribution in [0.25, 0.3) is 0 Å². The van der Waals surface area contributed by atoms with E-state index in [9.17, 15) is 4.79 Å². The van der Waals surface area contributed by atoms with Crippen LogP contribution in [0.2, 0.25) is 0 Å². The Morgan fingerprint density at radius 2 is 2.04 bits per heavy atom. The molecule has 1 amide bonds. The summed E-state index contributed by atoms with van der Waals surface area (Å²) in [5, 5.41) is 6.50. The Morgan fingerprint density at radius 3 is 2.70 bits per heavy atom. The van der Waals surface area contributed by atoms with Gasteiger partial charge >= 0.3 is 0 Å². The van der Waals surface area contributed by atoms with Crippen LogP contribution in [0.3, 0.4) is 0 Å². The molecule has 7 heteroatoms. The van der Waals surface area contributed by atoms with Gasteiger partial charge in [-0.3, -0.25) is 4.79 Å². The largest absolute Gasteiger partial charge is 0.378 e. The van der Waals surface area contributed by atoms with Crippen molar-refractivity contribution in [3.8, 4) is 0 Å². The van der Waals surface area contributed by atoms with Crippen LogP contribution in [0.1, 0.15) is 23.7 Å². The number of aryl methyl sites for hydroxylation is 1. The van der Waals surface area contributed by atoms with E-state index in [2.05, 4.69) is 15.5 Å². The van der Waals surface area contributed by atoms with Crippen LogP contribution in [0.15, 0.2) is 28.8 Å². The van der Waals surface area contributed by atoms with Crippen LogP contribution in [0.5, 0.6) is 0 Å². The Hall–Kier alpha value is -2.41. The summed E-state index contributed by atoms with van der Waals surface area (Å²) < 4.78 is 9.91. The predicted octanol–water partition coefficient (Wildman–Crippen LogP) is 1.53. The molecule has 0 bridgehead atoms. The number of aromatic nitrogens is 2. The van der Waals surface area contributed by atoms with E-state index in [1.165, 1.54) is 0 Å². The van der Waals surface area contributed by atoms with Crippen LogP contribution in [-0.4, -0.2) is 37.3 Å². The van der Waals surface area contributed by atoms with Gasteiger partial charge in [0.2, 0.25) is 11.8 Å². The van der Waals surface area contributed by atoms with Crippen molar-refractivity contribution in [2.45, 2.75) is 26.0 Å². The standard InChI is InChI=1S/C16H22N4O3/c1-20(2)13-7-4-12(5-8-13)6-9-15(21)17-10-16-18-14(11-22-3)19-23-16/h4-5,7-8H,6,9-11H2,1-3H3,(H,17,21). The Balaban J connectivity index is 1.74. The summed E-state index contributed by atoms with van der Waals surface area (Å²) in [4.78, 5) is 18.0. The first-order valence-electron chi connectivity index (χ1n) is 7.42. The first-order valence-corrected chi connectivity index (χ1v) is 7.42. The Labute approximate surface area is 135 Å². The fraction of sp³-hybridized carbons (Fsp3) is 0.438. The molecular weight excluding hydrogens is 296 g/mol. The number of amides is 1. The molecule has 124 valence electrons. The van der Waals surface area contributed by atoms with Crippen molar-refractivity contribution >= 4 is 11.6 Å². The van der Waals surface area contributed by atoms with Crippen molar-refractivity contribution in [1.82, 2.24) is 15.5 Å². The minimum absolute atomic E-state index is 0.0480. The molecule has 1 aromatic carbocycles. The molecule has 0 aliphatic carbocycles. The average Bonchev–Trinajstić information content (AvgIpc) is 2.99. The van der Waals surface area contributed by atoms with Crippen molar-refractivity contribution in [1.29, 1.82) is 0 Å². The van der Waals surface area contributed by atoms with Gasteiger partial charge in [-0.25, -0.2) is 0 Å². The highest BCUT2D eigenvalue weighted by Crippen LogP contribution is 2.13. The molecule has 0 aliphatic heterocycles. The van der Waals surface area contributed by atoms with E-state index in [0.29, 0.717) is 31.2 Å². The summed E-state index contributed by atoms with van der Waals surface area (Å²) in [6.45, 7) is 0.523. The molecule has 0 saturated carbocycles. The minimum atomic E-state index is -0.0480. The van der Waals surface area contributed by atoms with E-state index in [4.69, 9.17) is 9.26 Å². The van der Waals surface area contributed by atoms with Gasteiger partial charge in [-0.05, 0) is 24.1 Å². The van der Waals surface area contributed by atoms with E-state index >= 15 is 0 Å². The van der Waals surface area contributed by atoms with E-state index in [0.717, 1.165) is 11.3 Å². The number of nitrogens with zero attached hydrogens (tertiary/aromatic N) is 3. The SMILES string of the molecule is COCc1noc(CNC(=O)CCc2ccc(N(C)C)cc2)n1. The molecule has 0 unspecified atom stereocenters. The molecule has 0 spiro atoms. The summed E-state index contributed by atoms with van der Waals surface area (Å²) in [6.07, 6.45) is 1.11. The monoisotopic (exact) mass is 318 g/mol. The van der Waals surface area contributed by atoms with E-state index < -0.39 is 0 Å².